The van der Waals surface area contributed by atoms with Crippen molar-refractivity contribution in [2.24, 2.45) is 0 Å². The van der Waals surface area contributed by atoms with Crippen LogP contribution in [0.25, 0.3) is 0 Å². The van der Waals surface area contributed by atoms with Crippen LogP contribution in [0, 0.1) is 0 Å². The molecule has 2 heterocycles. The number of nitrogens with one attached hydrogen (secondary N) is 1. The normalized spacial score (nSPS) is 15.3. The van der Waals surface area contributed by atoms with Gasteiger partial charge in [-0.3, -0.25) is 4.79 Å². The van der Waals surface area contributed by atoms with Crippen LogP contribution in [-0.2, 0) is 12.2 Å². The molecule has 0 radical (unpaired) electrons. The number of carbonyl (C=O) groups excluding carboxylic acids is 1. The van der Waals surface area contributed by atoms with Gasteiger partial charge in [-0.05, 0) is 23.8 Å². The predicted molar refractivity (Wildman–Crippen MR) is 68.6 cm³/mol. The number of hydrogen-bond donors (Lipinski definition) is 2. The summed E-state index contributed by atoms with van der Waals surface area (Å²) in [6.45, 7) is -2.09. The lowest BCUT2D eigenvalue weighted by Gasteiger charge is -2.13. The van der Waals surface area contributed by atoms with Crippen LogP contribution in [-0.4, -0.2) is 35.8 Å². The first-order valence-corrected chi connectivity index (χ1v) is 7.45. The summed E-state index contributed by atoms with van der Waals surface area (Å²) in [4.78, 5) is 13.3. The predicted octanol–water partition coefficient (Wildman–Crippen LogP) is 1.89. The molecule has 0 unspecified atom stereocenters. The van der Waals surface area contributed by atoms with Crippen LogP contribution < -0.4 is 5.32 Å². The number of aryl methyl sites for hydroxylation is 1. The van der Waals surface area contributed by atoms with Crippen molar-refractivity contribution in [1.82, 2.24) is 5.32 Å². The van der Waals surface area contributed by atoms with E-state index in [4.69, 9.17) is 5.11 Å². The Morgan fingerprint density at radius 1 is 1.56 bits per heavy atom. The summed E-state index contributed by atoms with van der Waals surface area (Å²) < 4.78 is 25.6. The summed E-state index contributed by atoms with van der Waals surface area (Å²) in [7, 11) is 0. The smallest absolute Gasteiger partial charge is 0.287 e. The van der Waals surface area contributed by atoms with Gasteiger partial charge in [-0.15, -0.1) is 11.3 Å². The summed E-state index contributed by atoms with van der Waals surface area (Å²) in [5.41, 5.74) is 1.13. The average molecular weight is 293 g/mol. The highest BCUT2D eigenvalue weighted by Crippen LogP contribution is 2.31. The van der Waals surface area contributed by atoms with Gasteiger partial charge in [0.2, 0.25) is 0 Å². The highest BCUT2D eigenvalue weighted by Gasteiger charge is 2.28. The van der Waals surface area contributed by atoms with Gasteiger partial charge >= 0.3 is 0 Å². The first kappa shape index (κ1) is 13.8. The van der Waals surface area contributed by atoms with Crippen LogP contribution in [0.4, 0.5) is 8.78 Å². The van der Waals surface area contributed by atoms with Crippen LogP contribution in [0.3, 0.4) is 0 Å². The highest BCUT2D eigenvalue weighted by molar-refractivity contribution is 7.98. The summed E-state index contributed by atoms with van der Waals surface area (Å²) in [5, 5.41) is 10.6. The van der Waals surface area contributed by atoms with Crippen LogP contribution in [0.2, 0.25) is 0 Å². The SMILES string of the molecule is O=C(NCC(F)(F)CO)c1cc2c(s1)CCSC2. The number of thioether (sulfide) groups is 1. The zero-order valence-electron chi connectivity index (χ0n) is 9.54. The van der Waals surface area contributed by atoms with Crippen molar-refractivity contribution in [2.75, 3.05) is 18.9 Å². The van der Waals surface area contributed by atoms with Gasteiger partial charge < -0.3 is 10.4 Å². The molecule has 7 heteroatoms. The maximum atomic E-state index is 12.8. The molecule has 1 amide bonds. The maximum Gasteiger partial charge on any atom is 0.287 e. The van der Waals surface area contributed by atoms with Crippen molar-refractivity contribution in [3.05, 3.63) is 21.4 Å². The molecule has 0 saturated heterocycles. The van der Waals surface area contributed by atoms with Crippen LogP contribution in [0.15, 0.2) is 6.07 Å². The Bertz CT molecular complexity index is 425. The monoisotopic (exact) mass is 293 g/mol. The van der Waals surface area contributed by atoms with Gasteiger partial charge in [0, 0.05) is 10.6 Å². The Morgan fingerprint density at radius 2 is 2.33 bits per heavy atom. The molecule has 2 rings (SSSR count). The number of amides is 1. The molecule has 3 nitrogen and oxygen atoms in total. The van der Waals surface area contributed by atoms with Crippen molar-refractivity contribution in [3.63, 3.8) is 0 Å². The van der Waals surface area contributed by atoms with Crippen molar-refractivity contribution < 1.29 is 18.7 Å². The number of alkyl halides is 2. The standard InChI is InChI=1S/C11H13F2NO2S2/c12-11(13,6-15)5-14-10(16)9-3-7-4-17-2-1-8(7)18-9/h3,15H,1-2,4-6H2,(H,14,16). The minimum absolute atomic E-state index is 0.469. The lowest BCUT2D eigenvalue weighted by atomic mass is 10.2. The fourth-order valence-corrected chi connectivity index (χ4v) is 3.90. The molecular weight excluding hydrogens is 280 g/mol. The number of carbonyl (C=O) groups is 1. The topological polar surface area (TPSA) is 49.3 Å². The number of thiophene rings is 1. The second kappa shape index (κ2) is 5.54. The second-order valence-electron chi connectivity index (χ2n) is 4.06. The van der Waals surface area contributed by atoms with Gasteiger partial charge in [0.1, 0.15) is 6.61 Å². The molecule has 2 N–H and O–H groups in total. The lowest BCUT2D eigenvalue weighted by molar-refractivity contribution is -0.0461. The zero-order chi connectivity index (χ0) is 13.2. The molecular formula is C11H13F2NO2S2. The third-order valence-electron chi connectivity index (χ3n) is 2.59. The molecule has 0 atom stereocenters. The second-order valence-corrected chi connectivity index (χ2v) is 6.30. The maximum absolute atomic E-state index is 12.8. The van der Waals surface area contributed by atoms with Gasteiger partial charge in [-0.1, -0.05) is 0 Å². The molecule has 0 spiro atoms. The Kier molecular flexibility index (Phi) is 4.24. The molecule has 18 heavy (non-hydrogen) atoms. The van der Waals surface area contributed by atoms with Gasteiger partial charge in [0.25, 0.3) is 11.8 Å². The van der Waals surface area contributed by atoms with E-state index in [1.54, 1.807) is 17.8 Å². The summed E-state index contributed by atoms with van der Waals surface area (Å²) >= 11 is 3.17. The van der Waals surface area contributed by atoms with E-state index in [0.29, 0.717) is 4.88 Å². The first-order chi connectivity index (χ1) is 8.52. The fourth-order valence-electron chi connectivity index (χ4n) is 1.61. The van der Waals surface area contributed by atoms with Crippen molar-refractivity contribution in [2.45, 2.75) is 18.1 Å². The quantitative estimate of drug-likeness (QED) is 0.891. The van der Waals surface area contributed by atoms with Gasteiger partial charge in [-0.25, -0.2) is 8.78 Å². The Morgan fingerprint density at radius 3 is 3.00 bits per heavy atom. The fraction of sp³-hybridized carbons (Fsp3) is 0.545. The number of aliphatic hydroxyl groups is 1. The van der Waals surface area contributed by atoms with E-state index in [1.165, 1.54) is 16.2 Å². The number of aliphatic hydroxyl groups excluding tert-OH is 1. The number of rotatable bonds is 4. The molecule has 1 aliphatic heterocycles. The number of hydrogen-bond acceptors (Lipinski definition) is 4. The zero-order valence-corrected chi connectivity index (χ0v) is 11.2. The molecule has 0 aliphatic carbocycles. The highest BCUT2D eigenvalue weighted by atomic mass is 32.2. The van der Waals surface area contributed by atoms with E-state index in [9.17, 15) is 13.6 Å². The third-order valence-corrected chi connectivity index (χ3v) is 4.83. The van der Waals surface area contributed by atoms with E-state index in [2.05, 4.69) is 5.32 Å². The van der Waals surface area contributed by atoms with Crippen LogP contribution >= 0.6 is 23.1 Å². The lowest BCUT2D eigenvalue weighted by Crippen LogP contribution is -2.38. The Balaban J connectivity index is 1.99. The molecule has 0 bridgehead atoms. The van der Waals surface area contributed by atoms with Gasteiger partial charge in [0.05, 0.1) is 11.4 Å². The first-order valence-electron chi connectivity index (χ1n) is 5.48. The minimum Gasteiger partial charge on any atom is -0.390 e. The Hall–Kier alpha value is -0.660. The molecule has 0 saturated carbocycles. The van der Waals surface area contributed by atoms with Crippen molar-refractivity contribution >= 4 is 29.0 Å². The average Bonchev–Trinajstić information content (AvgIpc) is 2.80. The molecule has 1 aromatic heterocycles. The summed E-state index contributed by atoms with van der Waals surface area (Å²) in [6.07, 6.45) is 0.935. The minimum atomic E-state index is -3.26. The van der Waals surface area contributed by atoms with Crippen LogP contribution in [0.1, 0.15) is 20.1 Å². The summed E-state index contributed by atoms with van der Waals surface area (Å²) in [5.74, 6) is -1.83. The Labute approximate surface area is 112 Å². The van der Waals surface area contributed by atoms with E-state index >= 15 is 0 Å². The van der Waals surface area contributed by atoms with E-state index in [-0.39, 0.29) is 0 Å². The van der Waals surface area contributed by atoms with Crippen molar-refractivity contribution in [1.29, 1.82) is 0 Å². The number of halogens is 2. The number of fused-ring (bicyclic) bond motifs is 1. The van der Waals surface area contributed by atoms with E-state index in [1.807, 2.05) is 0 Å². The molecule has 0 fully saturated rings. The largest absolute Gasteiger partial charge is 0.390 e. The van der Waals surface area contributed by atoms with Gasteiger partial charge in [0.15, 0.2) is 0 Å². The van der Waals surface area contributed by atoms with E-state index in [0.717, 1.165) is 23.5 Å². The molecule has 1 aliphatic rings. The van der Waals surface area contributed by atoms with Crippen molar-refractivity contribution in [3.8, 4) is 0 Å². The summed E-state index contributed by atoms with van der Waals surface area (Å²) in [6, 6.07) is 1.78. The third kappa shape index (κ3) is 3.21. The van der Waals surface area contributed by atoms with Crippen LogP contribution in [0.5, 0.6) is 0 Å². The molecule has 100 valence electrons. The molecule has 0 aromatic carbocycles. The van der Waals surface area contributed by atoms with E-state index < -0.39 is 25.0 Å². The molecule has 1 aromatic rings. The van der Waals surface area contributed by atoms with Gasteiger partial charge in [-0.2, -0.15) is 11.8 Å².